The number of piperidine rings is 1. The van der Waals surface area contributed by atoms with Crippen molar-refractivity contribution in [2.75, 3.05) is 24.6 Å². The van der Waals surface area contributed by atoms with Crippen molar-refractivity contribution in [3.63, 3.8) is 0 Å². The van der Waals surface area contributed by atoms with E-state index in [1.54, 1.807) is 18.2 Å². The first kappa shape index (κ1) is 16.4. The fourth-order valence-electron chi connectivity index (χ4n) is 3.57. The van der Waals surface area contributed by atoms with Crippen LogP contribution in [0.4, 0.5) is 0 Å². The highest BCUT2D eigenvalue weighted by Crippen LogP contribution is 2.30. The summed E-state index contributed by atoms with van der Waals surface area (Å²) in [5, 5.41) is 9.15. The molecule has 0 radical (unpaired) electrons. The maximum atomic E-state index is 12.7. The van der Waals surface area contributed by atoms with E-state index in [1.165, 1.54) is 5.75 Å². The Morgan fingerprint density at radius 2 is 2.09 bits per heavy atom. The molecule has 1 amide bonds. The van der Waals surface area contributed by atoms with Crippen LogP contribution in [0.3, 0.4) is 0 Å². The van der Waals surface area contributed by atoms with Crippen LogP contribution in [0.25, 0.3) is 0 Å². The van der Waals surface area contributed by atoms with Crippen molar-refractivity contribution in [2.45, 2.75) is 31.6 Å². The number of rotatable bonds is 3. The lowest BCUT2D eigenvalue weighted by Gasteiger charge is -2.36. The standard InChI is InChI=1S/C18H23NO3S/c20-17(16-7-3-9-23-12-16)19-8-2-6-15(11-19)13-4-1-5-14(10-13)18(21)22/h1,4-5,10,15-16H,2-3,6-9,11-12H2,(H,21,22). The summed E-state index contributed by atoms with van der Waals surface area (Å²) < 4.78 is 0. The number of carboxylic acid groups (broad SMARTS) is 1. The van der Waals surface area contributed by atoms with Gasteiger partial charge in [0.15, 0.2) is 0 Å². The molecule has 2 fully saturated rings. The fraction of sp³-hybridized carbons (Fsp3) is 0.556. The minimum Gasteiger partial charge on any atom is -0.478 e. The van der Waals surface area contributed by atoms with Gasteiger partial charge in [0.05, 0.1) is 5.56 Å². The zero-order valence-corrected chi connectivity index (χ0v) is 14.1. The molecule has 2 heterocycles. The van der Waals surface area contributed by atoms with Crippen LogP contribution < -0.4 is 0 Å². The topological polar surface area (TPSA) is 57.6 Å². The van der Waals surface area contributed by atoms with Gasteiger partial charge in [-0.25, -0.2) is 4.79 Å². The number of carbonyl (C=O) groups excluding carboxylic acids is 1. The van der Waals surface area contributed by atoms with E-state index < -0.39 is 5.97 Å². The number of benzene rings is 1. The summed E-state index contributed by atoms with van der Waals surface area (Å²) in [5.41, 5.74) is 1.37. The second-order valence-corrected chi connectivity index (χ2v) is 7.62. The molecular formula is C18H23NO3S. The molecule has 2 aliphatic heterocycles. The average Bonchev–Trinajstić information content (AvgIpc) is 2.62. The number of likely N-dealkylation sites (tertiary alicyclic amines) is 1. The lowest BCUT2D eigenvalue weighted by Crippen LogP contribution is -2.43. The van der Waals surface area contributed by atoms with Crippen molar-refractivity contribution in [3.8, 4) is 0 Å². The van der Waals surface area contributed by atoms with Crippen molar-refractivity contribution >= 4 is 23.6 Å². The summed E-state index contributed by atoms with van der Waals surface area (Å²) in [6, 6.07) is 7.17. The Bertz CT molecular complexity index is 583. The molecule has 0 aliphatic carbocycles. The van der Waals surface area contributed by atoms with Crippen LogP contribution in [0, 0.1) is 5.92 Å². The second kappa shape index (κ2) is 7.39. The van der Waals surface area contributed by atoms with Gasteiger partial charge >= 0.3 is 5.97 Å². The minimum atomic E-state index is -0.894. The van der Waals surface area contributed by atoms with E-state index in [9.17, 15) is 9.59 Å². The van der Waals surface area contributed by atoms with Gasteiger partial charge in [-0.05, 0) is 49.1 Å². The van der Waals surface area contributed by atoms with Gasteiger partial charge < -0.3 is 10.0 Å². The molecular weight excluding hydrogens is 310 g/mol. The Balaban J connectivity index is 1.69. The Morgan fingerprint density at radius 1 is 1.22 bits per heavy atom. The molecule has 2 atom stereocenters. The SMILES string of the molecule is O=C(O)c1cccc(C2CCCN(C(=O)C3CCCSC3)C2)c1. The Labute approximate surface area is 141 Å². The van der Waals surface area contributed by atoms with Gasteiger partial charge in [0.2, 0.25) is 5.91 Å². The third-order valence-corrected chi connectivity index (χ3v) is 6.06. The van der Waals surface area contributed by atoms with Crippen molar-refractivity contribution < 1.29 is 14.7 Å². The first-order valence-corrected chi connectivity index (χ1v) is 9.50. The smallest absolute Gasteiger partial charge is 0.335 e. The molecule has 0 spiro atoms. The summed E-state index contributed by atoms with van der Waals surface area (Å²) in [5.74, 6) is 1.97. The van der Waals surface area contributed by atoms with Crippen LogP contribution in [0.2, 0.25) is 0 Å². The van der Waals surface area contributed by atoms with Crippen molar-refractivity contribution in [3.05, 3.63) is 35.4 Å². The molecule has 3 rings (SSSR count). The predicted molar refractivity (Wildman–Crippen MR) is 92.0 cm³/mol. The molecule has 1 aromatic carbocycles. The van der Waals surface area contributed by atoms with Crippen molar-refractivity contribution in [1.82, 2.24) is 4.90 Å². The van der Waals surface area contributed by atoms with E-state index in [0.717, 1.165) is 50.1 Å². The highest BCUT2D eigenvalue weighted by molar-refractivity contribution is 7.99. The number of carbonyl (C=O) groups is 2. The molecule has 2 aliphatic rings. The average molecular weight is 333 g/mol. The highest BCUT2D eigenvalue weighted by Gasteiger charge is 2.30. The van der Waals surface area contributed by atoms with E-state index in [-0.39, 0.29) is 11.8 Å². The summed E-state index contributed by atoms with van der Waals surface area (Å²) in [4.78, 5) is 25.9. The van der Waals surface area contributed by atoms with Crippen LogP contribution >= 0.6 is 11.8 Å². The first-order chi connectivity index (χ1) is 11.1. The number of thioether (sulfide) groups is 1. The molecule has 5 heteroatoms. The zero-order chi connectivity index (χ0) is 16.2. The molecule has 2 unspecified atom stereocenters. The summed E-state index contributed by atoms with van der Waals surface area (Å²) in [6.45, 7) is 1.57. The van der Waals surface area contributed by atoms with E-state index in [2.05, 4.69) is 0 Å². The zero-order valence-electron chi connectivity index (χ0n) is 13.2. The summed E-state index contributed by atoms with van der Waals surface area (Å²) in [7, 11) is 0. The third kappa shape index (κ3) is 3.89. The van der Waals surface area contributed by atoms with E-state index in [4.69, 9.17) is 5.11 Å². The normalized spacial score (nSPS) is 25.1. The number of nitrogens with zero attached hydrogens (tertiary/aromatic N) is 1. The molecule has 0 bridgehead atoms. The van der Waals surface area contributed by atoms with Gasteiger partial charge in [0.25, 0.3) is 0 Å². The van der Waals surface area contributed by atoms with Crippen LogP contribution in [0.1, 0.15) is 47.5 Å². The highest BCUT2D eigenvalue weighted by atomic mass is 32.2. The van der Waals surface area contributed by atoms with Gasteiger partial charge in [0.1, 0.15) is 0 Å². The predicted octanol–water partition coefficient (Wildman–Crippen LogP) is 3.23. The van der Waals surface area contributed by atoms with Crippen LogP contribution in [-0.2, 0) is 4.79 Å². The van der Waals surface area contributed by atoms with Crippen molar-refractivity contribution in [2.24, 2.45) is 5.92 Å². The van der Waals surface area contributed by atoms with E-state index in [1.807, 2.05) is 22.7 Å². The summed E-state index contributed by atoms with van der Waals surface area (Å²) >= 11 is 1.88. The number of carboxylic acids is 1. The van der Waals surface area contributed by atoms with Gasteiger partial charge in [-0.15, -0.1) is 0 Å². The number of aromatic carboxylic acids is 1. The number of amides is 1. The summed E-state index contributed by atoms with van der Waals surface area (Å²) in [6.07, 6.45) is 4.17. The first-order valence-electron chi connectivity index (χ1n) is 8.35. The molecule has 0 saturated carbocycles. The number of hydrogen-bond acceptors (Lipinski definition) is 3. The Hall–Kier alpha value is -1.49. The van der Waals surface area contributed by atoms with Crippen LogP contribution in [0.5, 0.6) is 0 Å². The molecule has 1 N–H and O–H groups in total. The third-order valence-electron chi connectivity index (χ3n) is 4.85. The van der Waals surface area contributed by atoms with Gasteiger partial charge in [-0.1, -0.05) is 12.1 Å². The van der Waals surface area contributed by atoms with E-state index >= 15 is 0 Å². The maximum absolute atomic E-state index is 12.7. The lowest BCUT2D eigenvalue weighted by molar-refractivity contribution is -0.136. The fourth-order valence-corrected chi connectivity index (χ4v) is 4.70. The maximum Gasteiger partial charge on any atom is 0.335 e. The number of hydrogen-bond donors (Lipinski definition) is 1. The van der Waals surface area contributed by atoms with Gasteiger partial charge in [-0.2, -0.15) is 11.8 Å². The van der Waals surface area contributed by atoms with E-state index in [0.29, 0.717) is 11.5 Å². The van der Waals surface area contributed by atoms with Gasteiger partial charge in [-0.3, -0.25) is 4.79 Å². The Morgan fingerprint density at radius 3 is 2.83 bits per heavy atom. The quantitative estimate of drug-likeness (QED) is 0.922. The molecule has 2 saturated heterocycles. The molecule has 1 aromatic rings. The molecule has 23 heavy (non-hydrogen) atoms. The second-order valence-electron chi connectivity index (χ2n) is 6.47. The molecule has 124 valence electrons. The van der Waals surface area contributed by atoms with Crippen LogP contribution in [-0.4, -0.2) is 46.5 Å². The van der Waals surface area contributed by atoms with Crippen LogP contribution in [0.15, 0.2) is 24.3 Å². The van der Waals surface area contributed by atoms with Crippen molar-refractivity contribution in [1.29, 1.82) is 0 Å². The monoisotopic (exact) mass is 333 g/mol. The molecule has 0 aromatic heterocycles. The Kier molecular flexibility index (Phi) is 5.26. The van der Waals surface area contributed by atoms with Gasteiger partial charge in [0, 0.05) is 30.7 Å². The molecule has 4 nitrogen and oxygen atoms in total. The largest absolute Gasteiger partial charge is 0.478 e. The minimum absolute atomic E-state index is 0.179. The lowest BCUT2D eigenvalue weighted by atomic mass is 9.89.